The summed E-state index contributed by atoms with van der Waals surface area (Å²) >= 11 is 6.37. The summed E-state index contributed by atoms with van der Waals surface area (Å²) in [6.07, 6.45) is 2.60. The first-order valence-electron chi connectivity index (χ1n) is 11.7. The molecule has 2 fully saturated rings. The van der Waals surface area contributed by atoms with Gasteiger partial charge in [0.05, 0.1) is 42.2 Å². The first-order valence-corrected chi connectivity index (χ1v) is 12.1. The van der Waals surface area contributed by atoms with Gasteiger partial charge < -0.3 is 29.1 Å². The van der Waals surface area contributed by atoms with E-state index in [2.05, 4.69) is 16.8 Å². The Morgan fingerprint density at radius 2 is 2.06 bits per heavy atom. The maximum absolute atomic E-state index is 15.1. The van der Waals surface area contributed by atoms with E-state index in [1.807, 2.05) is 6.07 Å². The summed E-state index contributed by atoms with van der Waals surface area (Å²) in [6, 6.07) is 6.31. The molecule has 8 nitrogen and oxygen atoms in total. The molecule has 0 amide bonds. The first-order chi connectivity index (χ1) is 16.8. The number of nitrogens with zero attached hydrogens (tertiary/aromatic N) is 3. The van der Waals surface area contributed by atoms with Gasteiger partial charge in [-0.25, -0.2) is 9.37 Å². The average molecular weight is 508 g/mol. The molecule has 0 radical (unpaired) electrons. The molecule has 2 aliphatic heterocycles. The normalized spacial score (nSPS) is 24.5. The van der Waals surface area contributed by atoms with Crippen molar-refractivity contribution in [2.45, 2.75) is 44.4 Å². The van der Waals surface area contributed by atoms with Crippen molar-refractivity contribution in [3.63, 3.8) is 0 Å². The van der Waals surface area contributed by atoms with Crippen LogP contribution in [0.15, 0.2) is 30.5 Å². The van der Waals surface area contributed by atoms with Gasteiger partial charge in [-0.15, -0.1) is 0 Å². The van der Waals surface area contributed by atoms with Gasteiger partial charge in [0.1, 0.15) is 17.7 Å². The Morgan fingerprint density at radius 1 is 1.26 bits per heavy atom. The monoisotopic (exact) mass is 507 g/mol. The van der Waals surface area contributed by atoms with Gasteiger partial charge in [0.25, 0.3) is 0 Å². The zero-order chi connectivity index (χ0) is 25.1. The topological polar surface area (TPSA) is 84.4 Å². The van der Waals surface area contributed by atoms with E-state index in [1.165, 1.54) is 6.07 Å². The number of carbonyl (C=O) groups is 1. The molecule has 0 aliphatic carbocycles. The van der Waals surface area contributed by atoms with Gasteiger partial charge >= 0.3 is 5.97 Å². The van der Waals surface area contributed by atoms with E-state index < -0.39 is 11.8 Å². The highest BCUT2D eigenvalue weighted by molar-refractivity contribution is 6.33. The molecule has 10 heteroatoms. The quantitative estimate of drug-likeness (QED) is 0.568. The summed E-state index contributed by atoms with van der Waals surface area (Å²) in [7, 11) is 3.16. The third-order valence-corrected chi connectivity index (χ3v) is 7.11. The molecule has 1 N–H and O–H groups in total. The Bertz CT molecular complexity index is 1060. The number of aromatic nitrogens is 1. The van der Waals surface area contributed by atoms with Crippen molar-refractivity contribution in [2.75, 3.05) is 43.7 Å². The number of anilines is 2. The van der Waals surface area contributed by atoms with Crippen LogP contribution < -0.4 is 19.3 Å². The van der Waals surface area contributed by atoms with E-state index in [-0.39, 0.29) is 30.6 Å². The number of methoxy groups -OCH3 is 2. The van der Waals surface area contributed by atoms with E-state index in [0.717, 1.165) is 25.2 Å². The molecular formula is C25H31ClFN3O5. The zero-order valence-corrected chi connectivity index (χ0v) is 20.9. The average Bonchev–Trinajstić information content (AvgIpc) is 3.22. The fourth-order valence-corrected chi connectivity index (χ4v) is 5.21. The standard InChI is InChI=1S/C25H31ClFN3O5/c1-15-13-29(22-11-24(34-3)28-12-19(22)26)7-6-23(15)35-17-4-5-21(20(27)10-17)30-14-18(33-2)8-16(30)9-25(31)32/h4-5,10-12,15-16,18,23H,6-9,13-14H2,1-3H3,(H,31,32). The summed E-state index contributed by atoms with van der Waals surface area (Å²) < 4.78 is 32.0. The highest BCUT2D eigenvalue weighted by Crippen LogP contribution is 2.35. The lowest BCUT2D eigenvalue weighted by molar-refractivity contribution is -0.137. The van der Waals surface area contributed by atoms with E-state index in [1.54, 1.807) is 37.4 Å². The summed E-state index contributed by atoms with van der Waals surface area (Å²) in [5.74, 6) is -0.217. The molecule has 0 spiro atoms. The molecular weight excluding hydrogens is 477 g/mol. The molecule has 4 atom stereocenters. The number of halogens is 2. The summed E-state index contributed by atoms with van der Waals surface area (Å²) in [6.45, 7) is 4.00. The van der Waals surface area contributed by atoms with Gasteiger partial charge in [-0.05, 0) is 18.6 Å². The number of rotatable bonds is 8. The smallest absolute Gasteiger partial charge is 0.305 e. The van der Waals surface area contributed by atoms with E-state index in [4.69, 9.17) is 25.8 Å². The lowest BCUT2D eigenvalue weighted by atomic mass is 9.96. The van der Waals surface area contributed by atoms with Crippen molar-refractivity contribution in [3.05, 3.63) is 41.3 Å². The summed E-state index contributed by atoms with van der Waals surface area (Å²) in [5, 5.41) is 9.81. The number of hydrogen-bond donors (Lipinski definition) is 1. The second-order valence-electron chi connectivity index (χ2n) is 9.16. The number of piperidine rings is 1. The van der Waals surface area contributed by atoms with Crippen molar-refractivity contribution in [1.29, 1.82) is 0 Å². The van der Waals surface area contributed by atoms with Gasteiger partial charge in [0, 0.05) is 57.3 Å². The van der Waals surface area contributed by atoms with Crippen LogP contribution in [0.3, 0.4) is 0 Å². The third-order valence-electron chi connectivity index (χ3n) is 6.82. The number of pyridine rings is 1. The van der Waals surface area contributed by atoms with Crippen molar-refractivity contribution < 1.29 is 28.5 Å². The van der Waals surface area contributed by atoms with Gasteiger partial charge in [0.2, 0.25) is 5.88 Å². The molecule has 2 aliphatic rings. The van der Waals surface area contributed by atoms with Crippen LogP contribution in [0.1, 0.15) is 26.2 Å². The Kier molecular flexibility index (Phi) is 7.86. The SMILES string of the molecule is COc1cc(N2CCC(Oc3ccc(N4CC(OC)CC4CC(=O)O)c(F)c3)C(C)C2)c(Cl)cn1. The van der Waals surface area contributed by atoms with E-state index >= 15 is 4.39 Å². The van der Waals surface area contributed by atoms with Crippen LogP contribution in [-0.2, 0) is 9.53 Å². The van der Waals surface area contributed by atoms with Crippen LogP contribution in [0.5, 0.6) is 11.6 Å². The molecule has 4 rings (SSSR count). The van der Waals surface area contributed by atoms with E-state index in [9.17, 15) is 9.90 Å². The highest BCUT2D eigenvalue weighted by Gasteiger charge is 2.35. The first kappa shape index (κ1) is 25.3. The number of hydrogen-bond acceptors (Lipinski definition) is 7. The Morgan fingerprint density at radius 3 is 2.71 bits per heavy atom. The van der Waals surface area contributed by atoms with Gasteiger partial charge in [-0.2, -0.15) is 0 Å². The highest BCUT2D eigenvalue weighted by atomic mass is 35.5. The molecule has 1 aromatic carbocycles. The minimum Gasteiger partial charge on any atom is -0.490 e. The number of benzene rings is 1. The predicted octanol–water partition coefficient (Wildman–Crippen LogP) is 4.24. The fourth-order valence-electron chi connectivity index (χ4n) is 4.98. The van der Waals surface area contributed by atoms with E-state index in [0.29, 0.717) is 35.3 Å². The van der Waals surface area contributed by atoms with Gasteiger partial charge in [-0.3, -0.25) is 4.79 Å². The molecule has 0 saturated carbocycles. The third kappa shape index (κ3) is 5.73. The van der Waals surface area contributed by atoms with Gasteiger partial charge in [0.15, 0.2) is 0 Å². The lowest BCUT2D eigenvalue weighted by Gasteiger charge is -2.38. The number of ether oxygens (including phenoxy) is 3. The molecule has 4 unspecified atom stereocenters. The molecule has 190 valence electrons. The van der Waals surface area contributed by atoms with Crippen LogP contribution in [0, 0.1) is 11.7 Å². The van der Waals surface area contributed by atoms with Crippen molar-refractivity contribution >= 4 is 28.9 Å². The Hall–Kier alpha value is -2.78. The van der Waals surface area contributed by atoms with Crippen molar-refractivity contribution in [2.24, 2.45) is 5.92 Å². The second-order valence-corrected chi connectivity index (χ2v) is 9.56. The molecule has 1 aromatic heterocycles. The predicted molar refractivity (Wildman–Crippen MR) is 131 cm³/mol. The zero-order valence-electron chi connectivity index (χ0n) is 20.1. The lowest BCUT2D eigenvalue weighted by Crippen LogP contribution is -2.44. The molecule has 3 heterocycles. The minimum absolute atomic E-state index is 0.0684. The number of carboxylic acid groups (broad SMARTS) is 1. The molecule has 2 aromatic rings. The second kappa shape index (κ2) is 10.9. The van der Waals surface area contributed by atoms with Crippen molar-refractivity contribution in [1.82, 2.24) is 4.98 Å². The van der Waals surface area contributed by atoms with Crippen molar-refractivity contribution in [3.8, 4) is 11.6 Å². The Labute approximate surface area is 209 Å². The molecule has 35 heavy (non-hydrogen) atoms. The van der Waals surface area contributed by atoms with Crippen LogP contribution in [-0.4, -0.2) is 68.2 Å². The number of carboxylic acids is 1. The number of aliphatic carboxylic acids is 1. The molecule has 0 bridgehead atoms. The molecule has 2 saturated heterocycles. The van der Waals surface area contributed by atoms with Crippen LogP contribution in [0.25, 0.3) is 0 Å². The van der Waals surface area contributed by atoms with Crippen LogP contribution in [0.4, 0.5) is 15.8 Å². The van der Waals surface area contributed by atoms with Crippen LogP contribution in [0.2, 0.25) is 5.02 Å². The summed E-state index contributed by atoms with van der Waals surface area (Å²) in [4.78, 5) is 19.4. The largest absolute Gasteiger partial charge is 0.490 e. The minimum atomic E-state index is -0.913. The summed E-state index contributed by atoms with van der Waals surface area (Å²) in [5.41, 5.74) is 1.24. The Balaban J connectivity index is 1.42. The fraction of sp³-hybridized carbons (Fsp3) is 0.520. The maximum atomic E-state index is 15.1. The maximum Gasteiger partial charge on any atom is 0.305 e. The van der Waals surface area contributed by atoms with Gasteiger partial charge in [-0.1, -0.05) is 18.5 Å². The van der Waals surface area contributed by atoms with Crippen LogP contribution >= 0.6 is 11.6 Å².